The summed E-state index contributed by atoms with van der Waals surface area (Å²) in [5, 5.41) is 4.50. The first kappa shape index (κ1) is 20.6. The number of nitrogens with one attached hydrogen (secondary N) is 2. The van der Waals surface area contributed by atoms with E-state index in [1.165, 1.54) is 22.1 Å². The summed E-state index contributed by atoms with van der Waals surface area (Å²) in [7, 11) is 0. The second-order valence-corrected chi connectivity index (χ2v) is 8.71. The lowest BCUT2D eigenvalue weighted by Gasteiger charge is -2.28. The molecule has 2 nitrogen and oxygen atoms in total. The molecule has 1 aliphatic carbocycles. The van der Waals surface area contributed by atoms with Crippen molar-refractivity contribution in [1.29, 1.82) is 0 Å². The standard InChI is InChI=1S/C26H30F2N2/c1-18(2)30-25-17-29-24-11-8-20(16-23(24)25)5-3-4-19-6-9-21(10-7-19)22-12-14-26(27,28)15-13-22/h6-11,16-17,22,29-30H,1,3-5,12-15H2,2H3. The quantitative estimate of drug-likeness (QED) is 0.414. The Morgan fingerprint density at radius 1 is 1.07 bits per heavy atom. The van der Waals surface area contributed by atoms with E-state index >= 15 is 0 Å². The van der Waals surface area contributed by atoms with Crippen LogP contribution in [0, 0.1) is 0 Å². The number of fused-ring (bicyclic) bond motifs is 1. The fourth-order valence-corrected chi connectivity index (χ4v) is 4.48. The van der Waals surface area contributed by atoms with Gasteiger partial charge in [0.2, 0.25) is 5.92 Å². The third kappa shape index (κ3) is 4.92. The number of aromatic amines is 1. The van der Waals surface area contributed by atoms with Gasteiger partial charge in [-0.3, -0.25) is 0 Å². The maximum absolute atomic E-state index is 13.4. The predicted octanol–water partition coefficient (Wildman–Crippen LogP) is 7.58. The van der Waals surface area contributed by atoms with Crippen LogP contribution in [0.4, 0.5) is 14.5 Å². The first-order valence-electron chi connectivity index (χ1n) is 10.9. The van der Waals surface area contributed by atoms with E-state index in [0.717, 1.165) is 36.2 Å². The number of alkyl halides is 2. The van der Waals surface area contributed by atoms with Gasteiger partial charge in [0.15, 0.2) is 0 Å². The smallest absolute Gasteiger partial charge is 0.248 e. The van der Waals surface area contributed by atoms with Crippen LogP contribution in [0.1, 0.15) is 61.6 Å². The topological polar surface area (TPSA) is 27.8 Å². The minimum atomic E-state index is -2.46. The summed E-state index contributed by atoms with van der Waals surface area (Å²) in [5.41, 5.74) is 6.96. The molecule has 2 N–H and O–H groups in total. The van der Waals surface area contributed by atoms with Gasteiger partial charge in [0.1, 0.15) is 0 Å². The van der Waals surface area contributed by atoms with E-state index in [1.807, 2.05) is 13.1 Å². The fraction of sp³-hybridized carbons (Fsp3) is 0.385. The Morgan fingerprint density at radius 3 is 2.43 bits per heavy atom. The van der Waals surface area contributed by atoms with Crippen LogP contribution in [-0.4, -0.2) is 10.9 Å². The van der Waals surface area contributed by atoms with Crippen molar-refractivity contribution in [3.05, 3.63) is 77.6 Å². The van der Waals surface area contributed by atoms with Crippen LogP contribution in [0.2, 0.25) is 0 Å². The van der Waals surface area contributed by atoms with E-state index in [2.05, 4.69) is 59.3 Å². The highest BCUT2D eigenvalue weighted by Crippen LogP contribution is 2.40. The number of rotatable bonds is 7. The first-order valence-corrected chi connectivity index (χ1v) is 10.9. The van der Waals surface area contributed by atoms with Crippen LogP contribution in [0.5, 0.6) is 0 Å². The van der Waals surface area contributed by atoms with Crippen molar-refractivity contribution in [3.63, 3.8) is 0 Å². The van der Waals surface area contributed by atoms with Gasteiger partial charge in [0.05, 0.1) is 5.69 Å². The number of H-pyrrole nitrogens is 1. The molecule has 4 heteroatoms. The second-order valence-electron chi connectivity index (χ2n) is 8.71. The van der Waals surface area contributed by atoms with Crippen LogP contribution in [0.3, 0.4) is 0 Å². The summed E-state index contributed by atoms with van der Waals surface area (Å²) in [4.78, 5) is 3.29. The molecular formula is C26H30F2N2. The first-order chi connectivity index (χ1) is 14.4. The van der Waals surface area contributed by atoms with E-state index in [0.29, 0.717) is 12.8 Å². The number of aromatic nitrogens is 1. The SMILES string of the molecule is C=C(C)Nc1c[nH]c2ccc(CCCc3ccc(C4CCC(F)(F)CC4)cc3)cc12. The Bertz CT molecular complexity index is 1010. The van der Waals surface area contributed by atoms with Crippen molar-refractivity contribution in [1.82, 2.24) is 4.98 Å². The van der Waals surface area contributed by atoms with Crippen molar-refractivity contribution < 1.29 is 8.78 Å². The molecule has 158 valence electrons. The van der Waals surface area contributed by atoms with Crippen molar-refractivity contribution in [2.75, 3.05) is 5.32 Å². The van der Waals surface area contributed by atoms with Gasteiger partial charge in [-0.2, -0.15) is 0 Å². The number of hydrogen-bond acceptors (Lipinski definition) is 1. The molecule has 2 aromatic carbocycles. The summed E-state index contributed by atoms with van der Waals surface area (Å²) >= 11 is 0. The highest BCUT2D eigenvalue weighted by Gasteiger charge is 2.35. The van der Waals surface area contributed by atoms with E-state index in [1.54, 1.807) is 0 Å². The fourth-order valence-electron chi connectivity index (χ4n) is 4.48. The molecule has 0 amide bonds. The average molecular weight is 409 g/mol. The summed E-state index contributed by atoms with van der Waals surface area (Å²) in [6.45, 7) is 5.88. The highest BCUT2D eigenvalue weighted by atomic mass is 19.3. The molecule has 1 aromatic heterocycles. The molecule has 1 aliphatic rings. The monoisotopic (exact) mass is 408 g/mol. The van der Waals surface area contributed by atoms with Gasteiger partial charge < -0.3 is 10.3 Å². The summed E-state index contributed by atoms with van der Waals surface area (Å²) in [6.07, 6.45) is 6.33. The molecule has 0 aliphatic heterocycles. The van der Waals surface area contributed by atoms with Crippen molar-refractivity contribution in [2.24, 2.45) is 0 Å². The lowest BCUT2D eigenvalue weighted by molar-refractivity contribution is -0.0382. The molecule has 1 fully saturated rings. The van der Waals surface area contributed by atoms with Crippen LogP contribution in [-0.2, 0) is 12.8 Å². The molecule has 1 saturated carbocycles. The number of hydrogen-bond donors (Lipinski definition) is 2. The molecule has 1 heterocycles. The van der Waals surface area contributed by atoms with Crippen molar-refractivity contribution in [2.45, 2.75) is 63.7 Å². The van der Waals surface area contributed by atoms with Crippen LogP contribution in [0.15, 0.2) is 60.9 Å². The van der Waals surface area contributed by atoms with Gasteiger partial charge in [-0.25, -0.2) is 8.78 Å². The molecule has 0 unspecified atom stereocenters. The zero-order chi connectivity index (χ0) is 21.1. The summed E-state index contributed by atoms with van der Waals surface area (Å²) < 4.78 is 26.7. The molecule has 3 aromatic rings. The van der Waals surface area contributed by atoms with Gasteiger partial charge in [-0.1, -0.05) is 36.9 Å². The Labute approximate surface area is 177 Å². The zero-order valence-electron chi connectivity index (χ0n) is 17.6. The van der Waals surface area contributed by atoms with Crippen LogP contribution < -0.4 is 5.32 Å². The summed E-state index contributed by atoms with van der Waals surface area (Å²) in [6, 6.07) is 15.2. The molecular weight excluding hydrogens is 378 g/mol. The maximum atomic E-state index is 13.4. The lowest BCUT2D eigenvalue weighted by atomic mass is 9.82. The molecule has 0 spiro atoms. The third-order valence-electron chi connectivity index (χ3n) is 6.19. The molecule has 4 rings (SSSR count). The minimum Gasteiger partial charge on any atom is -0.359 e. The number of allylic oxidation sites excluding steroid dienone is 1. The van der Waals surface area contributed by atoms with Gasteiger partial charge in [0, 0.05) is 35.6 Å². The molecule has 0 bridgehead atoms. The molecule has 0 atom stereocenters. The van der Waals surface area contributed by atoms with Gasteiger partial charge in [0.25, 0.3) is 0 Å². The largest absolute Gasteiger partial charge is 0.359 e. The van der Waals surface area contributed by atoms with Gasteiger partial charge >= 0.3 is 0 Å². The Kier molecular flexibility index (Phi) is 5.94. The maximum Gasteiger partial charge on any atom is 0.248 e. The Morgan fingerprint density at radius 2 is 1.73 bits per heavy atom. The molecule has 0 saturated heterocycles. The number of aryl methyl sites for hydroxylation is 2. The molecule has 0 radical (unpaired) electrons. The average Bonchev–Trinajstić information content (AvgIpc) is 3.10. The van der Waals surface area contributed by atoms with Gasteiger partial charge in [-0.15, -0.1) is 0 Å². The van der Waals surface area contributed by atoms with Crippen LogP contribution in [0.25, 0.3) is 10.9 Å². The molecule has 30 heavy (non-hydrogen) atoms. The summed E-state index contributed by atoms with van der Waals surface area (Å²) in [5.74, 6) is -2.17. The zero-order valence-corrected chi connectivity index (χ0v) is 17.6. The third-order valence-corrected chi connectivity index (χ3v) is 6.19. The van der Waals surface area contributed by atoms with Gasteiger partial charge in [-0.05, 0) is 73.8 Å². The number of anilines is 1. The second kappa shape index (κ2) is 8.63. The number of benzene rings is 2. The van der Waals surface area contributed by atoms with E-state index in [-0.39, 0.29) is 18.8 Å². The Balaban J connectivity index is 1.32. The predicted molar refractivity (Wildman–Crippen MR) is 121 cm³/mol. The van der Waals surface area contributed by atoms with E-state index in [4.69, 9.17) is 0 Å². The lowest BCUT2D eigenvalue weighted by Crippen LogP contribution is -2.23. The van der Waals surface area contributed by atoms with Crippen LogP contribution >= 0.6 is 0 Å². The minimum absolute atomic E-state index is 0.0223. The number of halogens is 2. The Hall–Kier alpha value is -2.62. The van der Waals surface area contributed by atoms with Crippen molar-refractivity contribution >= 4 is 16.6 Å². The normalized spacial score (nSPS) is 16.6. The van der Waals surface area contributed by atoms with E-state index in [9.17, 15) is 8.78 Å². The van der Waals surface area contributed by atoms with Crippen molar-refractivity contribution in [3.8, 4) is 0 Å². The highest BCUT2D eigenvalue weighted by molar-refractivity contribution is 5.93. The van der Waals surface area contributed by atoms with E-state index < -0.39 is 5.92 Å².